The molecule has 176 valence electrons. The zero-order valence-electron chi connectivity index (χ0n) is 18.8. The van der Waals surface area contributed by atoms with E-state index >= 15 is 0 Å². The molecule has 10 heteroatoms. The van der Waals surface area contributed by atoms with Crippen molar-refractivity contribution in [3.63, 3.8) is 0 Å². The van der Waals surface area contributed by atoms with E-state index in [9.17, 15) is 21.6 Å². The van der Waals surface area contributed by atoms with Crippen molar-refractivity contribution in [2.24, 2.45) is 0 Å². The van der Waals surface area contributed by atoms with Crippen molar-refractivity contribution >= 4 is 25.8 Å². The van der Waals surface area contributed by atoms with Gasteiger partial charge < -0.3 is 9.64 Å². The molecule has 0 saturated carbocycles. The van der Waals surface area contributed by atoms with Crippen LogP contribution >= 0.6 is 0 Å². The molecule has 2 rings (SSSR count). The molecular weight excluding hydrogens is 452 g/mol. The van der Waals surface area contributed by atoms with E-state index in [2.05, 4.69) is 0 Å². The van der Waals surface area contributed by atoms with Gasteiger partial charge in [0.1, 0.15) is 5.75 Å². The van der Waals surface area contributed by atoms with Crippen molar-refractivity contribution in [2.75, 3.05) is 39.5 Å². The summed E-state index contributed by atoms with van der Waals surface area (Å²) in [6.45, 7) is 4.92. The van der Waals surface area contributed by atoms with Gasteiger partial charge in [-0.1, -0.05) is 26.0 Å². The molecule has 0 saturated heterocycles. The number of ether oxygens (including phenoxy) is 1. The van der Waals surface area contributed by atoms with Crippen LogP contribution in [-0.4, -0.2) is 71.5 Å². The fourth-order valence-corrected chi connectivity index (χ4v) is 5.27. The van der Waals surface area contributed by atoms with E-state index < -0.39 is 19.9 Å². The summed E-state index contributed by atoms with van der Waals surface area (Å²) in [5, 5.41) is 0. The van der Waals surface area contributed by atoms with E-state index in [1.54, 1.807) is 45.2 Å². The number of nitrogens with zero attached hydrogens (tertiary/aromatic N) is 2. The number of rotatable bonds is 11. The maximum absolute atomic E-state index is 12.8. The average Bonchev–Trinajstić information content (AvgIpc) is 2.76. The van der Waals surface area contributed by atoms with Gasteiger partial charge in [-0.25, -0.2) is 16.8 Å². The second-order valence-electron chi connectivity index (χ2n) is 7.29. The normalized spacial score (nSPS) is 12.0. The molecule has 0 aliphatic carbocycles. The minimum atomic E-state index is -3.65. The zero-order valence-corrected chi connectivity index (χ0v) is 20.4. The Labute approximate surface area is 190 Å². The number of benzene rings is 2. The maximum Gasteiger partial charge on any atom is 0.253 e. The first-order valence-electron chi connectivity index (χ1n) is 10.3. The van der Waals surface area contributed by atoms with Crippen LogP contribution in [0.3, 0.4) is 0 Å². The summed E-state index contributed by atoms with van der Waals surface area (Å²) in [6, 6.07) is 12.3. The molecule has 0 aliphatic heterocycles. The summed E-state index contributed by atoms with van der Waals surface area (Å²) in [7, 11) is -5.32. The molecule has 0 atom stereocenters. The highest BCUT2D eigenvalue weighted by Gasteiger charge is 2.23. The van der Waals surface area contributed by atoms with Gasteiger partial charge in [-0.05, 0) is 42.8 Å². The number of carbonyl (C=O) groups excluding carboxylic acids is 1. The molecule has 2 aromatic rings. The van der Waals surface area contributed by atoms with E-state index in [-0.39, 0.29) is 15.7 Å². The zero-order chi connectivity index (χ0) is 23.9. The maximum atomic E-state index is 12.8. The molecule has 0 heterocycles. The van der Waals surface area contributed by atoms with Crippen LogP contribution in [0.15, 0.2) is 58.3 Å². The Bertz CT molecular complexity index is 1140. The molecule has 0 fully saturated rings. The van der Waals surface area contributed by atoms with Gasteiger partial charge in [0.2, 0.25) is 10.0 Å². The molecule has 0 radical (unpaired) electrons. The second-order valence-corrected chi connectivity index (χ2v) is 11.2. The smallest absolute Gasteiger partial charge is 0.253 e. The summed E-state index contributed by atoms with van der Waals surface area (Å²) in [5.74, 6) is 0.150. The Balaban J connectivity index is 1.98. The largest absolute Gasteiger partial charge is 0.493 e. The summed E-state index contributed by atoms with van der Waals surface area (Å²) in [6.07, 6.45) is 1.65. The van der Waals surface area contributed by atoms with Crippen LogP contribution in [0, 0.1) is 0 Å². The minimum absolute atomic E-state index is 0.0922. The summed E-state index contributed by atoms with van der Waals surface area (Å²) in [5.41, 5.74) is 0.294. The van der Waals surface area contributed by atoms with Crippen LogP contribution < -0.4 is 4.74 Å². The summed E-state index contributed by atoms with van der Waals surface area (Å²) >= 11 is 0. The third-order valence-corrected chi connectivity index (χ3v) is 8.07. The fraction of sp³-hybridized carbons (Fsp3) is 0.409. The van der Waals surface area contributed by atoms with Gasteiger partial charge in [-0.15, -0.1) is 0 Å². The van der Waals surface area contributed by atoms with Crippen LogP contribution in [0.25, 0.3) is 0 Å². The Morgan fingerprint density at radius 1 is 0.938 bits per heavy atom. The van der Waals surface area contributed by atoms with E-state index in [0.717, 1.165) is 6.26 Å². The quantitative estimate of drug-likeness (QED) is 0.457. The van der Waals surface area contributed by atoms with Crippen LogP contribution in [0.2, 0.25) is 0 Å². The molecule has 0 unspecified atom stereocenters. The van der Waals surface area contributed by atoms with Crippen molar-refractivity contribution in [2.45, 2.75) is 30.1 Å². The third kappa shape index (κ3) is 6.54. The first-order valence-corrected chi connectivity index (χ1v) is 13.6. The van der Waals surface area contributed by atoms with Gasteiger partial charge in [0.05, 0.1) is 16.4 Å². The molecule has 1 amide bonds. The first-order chi connectivity index (χ1) is 15.0. The molecule has 2 aromatic carbocycles. The van der Waals surface area contributed by atoms with Crippen LogP contribution in [0.1, 0.15) is 30.6 Å². The van der Waals surface area contributed by atoms with E-state index in [0.29, 0.717) is 44.0 Å². The van der Waals surface area contributed by atoms with Crippen molar-refractivity contribution in [3.8, 4) is 5.75 Å². The molecule has 0 bridgehead atoms. The van der Waals surface area contributed by atoms with Crippen LogP contribution in [-0.2, 0) is 19.9 Å². The number of amides is 1. The number of sulfone groups is 1. The summed E-state index contributed by atoms with van der Waals surface area (Å²) < 4.78 is 55.6. The molecule has 8 nitrogen and oxygen atoms in total. The highest BCUT2D eigenvalue weighted by molar-refractivity contribution is 7.90. The average molecular weight is 483 g/mol. The van der Waals surface area contributed by atoms with Crippen molar-refractivity contribution in [1.29, 1.82) is 0 Å². The Morgan fingerprint density at radius 3 is 2.19 bits per heavy atom. The number of hydrogen-bond acceptors (Lipinski definition) is 6. The predicted octanol–water partition coefficient (Wildman–Crippen LogP) is 2.66. The van der Waals surface area contributed by atoms with Crippen LogP contribution in [0.5, 0.6) is 5.75 Å². The Kier molecular flexibility index (Phi) is 8.82. The van der Waals surface area contributed by atoms with Crippen molar-refractivity contribution < 1.29 is 26.4 Å². The predicted molar refractivity (Wildman–Crippen MR) is 123 cm³/mol. The van der Waals surface area contributed by atoms with Gasteiger partial charge in [0.25, 0.3) is 5.91 Å². The van der Waals surface area contributed by atoms with Crippen LogP contribution in [0.4, 0.5) is 0 Å². The second kappa shape index (κ2) is 10.9. The number of sulfonamides is 1. The van der Waals surface area contributed by atoms with Gasteiger partial charge in [0, 0.05) is 38.5 Å². The van der Waals surface area contributed by atoms with E-state index in [1.165, 1.54) is 33.5 Å². The van der Waals surface area contributed by atoms with Crippen molar-refractivity contribution in [3.05, 3.63) is 54.1 Å². The molecule has 32 heavy (non-hydrogen) atoms. The molecule has 0 aliphatic rings. The Hall–Kier alpha value is -2.43. The molecule has 0 N–H and O–H groups in total. The minimum Gasteiger partial charge on any atom is -0.493 e. The number of hydrogen-bond donors (Lipinski definition) is 0. The third-order valence-electron chi connectivity index (χ3n) is 4.91. The molecule has 0 spiro atoms. The van der Waals surface area contributed by atoms with Gasteiger partial charge >= 0.3 is 0 Å². The molecular formula is C22H30N2O6S2. The highest BCUT2D eigenvalue weighted by atomic mass is 32.2. The lowest BCUT2D eigenvalue weighted by Gasteiger charge is -2.20. The first kappa shape index (κ1) is 25.8. The van der Waals surface area contributed by atoms with Gasteiger partial charge in [-0.2, -0.15) is 4.31 Å². The lowest BCUT2D eigenvalue weighted by molar-refractivity contribution is 0.0787. The SMILES string of the molecule is CCN(CC)S(=O)(=O)c1cccc(C(=O)N(C)CCCOc2cccc(S(C)(=O)=O)c2)c1. The highest BCUT2D eigenvalue weighted by Crippen LogP contribution is 2.19. The van der Waals surface area contributed by atoms with E-state index in [4.69, 9.17) is 4.74 Å². The fourth-order valence-electron chi connectivity index (χ4n) is 3.11. The standard InChI is InChI=1S/C22H30N2O6S2/c1-5-24(6-2)32(28,29)21-13-7-10-18(16-21)22(25)23(3)14-9-15-30-19-11-8-12-20(17-19)31(4,26)27/h7-8,10-13,16-17H,5-6,9,14-15H2,1-4H3. The lowest BCUT2D eigenvalue weighted by atomic mass is 10.2. The molecule has 0 aromatic heterocycles. The van der Waals surface area contributed by atoms with Gasteiger partial charge in [0.15, 0.2) is 9.84 Å². The monoisotopic (exact) mass is 482 g/mol. The van der Waals surface area contributed by atoms with E-state index in [1.807, 2.05) is 0 Å². The summed E-state index contributed by atoms with van der Waals surface area (Å²) in [4.78, 5) is 14.5. The number of carbonyl (C=O) groups is 1. The van der Waals surface area contributed by atoms with Gasteiger partial charge in [-0.3, -0.25) is 4.79 Å². The topological polar surface area (TPSA) is 101 Å². The van der Waals surface area contributed by atoms with Crippen molar-refractivity contribution in [1.82, 2.24) is 9.21 Å². The lowest BCUT2D eigenvalue weighted by Crippen LogP contribution is -2.31. The Morgan fingerprint density at radius 2 is 1.56 bits per heavy atom.